The van der Waals surface area contributed by atoms with Gasteiger partial charge in [-0.15, -0.1) is 0 Å². The van der Waals surface area contributed by atoms with Crippen LogP contribution in [0.2, 0.25) is 0 Å². The molecule has 0 fully saturated rings. The van der Waals surface area contributed by atoms with Gasteiger partial charge < -0.3 is 94.7 Å². The van der Waals surface area contributed by atoms with Crippen molar-refractivity contribution in [3.8, 4) is 0 Å². The third kappa shape index (κ3) is 411. The molecule has 0 saturated heterocycles. The van der Waals surface area contributed by atoms with E-state index in [-0.39, 0.29) is 52.4 Å². The predicted molar refractivity (Wildman–Crippen MR) is 39.7 cm³/mol. The Balaban J connectivity index is -0.00000000500. The van der Waals surface area contributed by atoms with E-state index in [4.69, 9.17) is 94.7 Å². The quantitative estimate of drug-likeness (QED) is 0.541. The van der Waals surface area contributed by atoms with Crippen molar-refractivity contribution in [2.24, 2.45) is 0 Å². The zero-order valence-electron chi connectivity index (χ0n) is 8.58. The number of hydrogen-bond acceptors (Lipinski definition) is 8. The van der Waals surface area contributed by atoms with E-state index in [1.165, 1.54) is 0 Å². The van der Waals surface area contributed by atoms with Crippen molar-refractivity contribution in [1.82, 2.24) is 0 Å². The van der Waals surface area contributed by atoms with Gasteiger partial charge >= 0.3 is 52.4 Å². The summed E-state index contributed by atoms with van der Waals surface area (Å²) >= 11 is 0. The fraction of sp³-hybridized carbons (Fsp3) is 0. The monoisotopic (exact) mass is 388 g/mol. The van der Waals surface area contributed by atoms with E-state index in [1.54, 1.807) is 0 Å². The van der Waals surface area contributed by atoms with Crippen LogP contribution in [-0.2, 0) is 52.4 Å². The van der Waals surface area contributed by atoms with Gasteiger partial charge in [0.2, 0.25) is 0 Å². The van der Waals surface area contributed by atoms with Gasteiger partial charge in [0.1, 0.15) is 0 Å². The summed E-state index contributed by atoms with van der Waals surface area (Å²) in [5.74, 6) is 0. The molecule has 0 spiro atoms. The third-order valence-electron chi connectivity index (χ3n) is 0. The van der Waals surface area contributed by atoms with Crippen molar-refractivity contribution >= 4 is 0 Å². The molecule has 8 nitrogen and oxygen atoms in total. The van der Waals surface area contributed by atoms with Gasteiger partial charge in [0.15, 0.2) is 0 Å². The molecule has 0 aromatic rings. The van der Waals surface area contributed by atoms with Crippen LogP contribution in [0.1, 0.15) is 0 Å². The first kappa shape index (κ1) is 105. The molecule has 0 atom stereocenters. The van der Waals surface area contributed by atoms with Gasteiger partial charge in [-0.3, -0.25) is 0 Å². The van der Waals surface area contributed by atoms with Crippen molar-refractivity contribution in [1.29, 1.82) is 42.1 Å². The van der Waals surface area contributed by atoms with Gasteiger partial charge in [-0.2, -0.15) is 0 Å². The Kier molecular flexibility index (Phi) is 2990. The van der Waals surface area contributed by atoms with Crippen LogP contribution in [0, 0.1) is 94.7 Å². The molecule has 0 radical (unpaired) electrons. The summed E-state index contributed by atoms with van der Waals surface area (Å²) < 4.78 is 0. The Bertz CT molecular complexity index is 135. The topological polar surface area (TPSA) is 190 Å². The average Bonchev–Trinajstić information content (AvgIpc) is 2.54. The zero-order valence-corrected chi connectivity index (χ0v) is 13.5. The van der Waals surface area contributed by atoms with E-state index in [0.29, 0.717) is 0 Å². The minimum absolute atomic E-state index is 0. The summed E-state index contributed by atoms with van der Waals surface area (Å²) in [6.45, 7) is 38.0. The minimum atomic E-state index is 0. The molecule has 0 N–H and O–H groups in total. The van der Waals surface area contributed by atoms with Crippen molar-refractivity contribution < 1.29 is 52.4 Å². The molecule has 0 aromatic carbocycles. The number of rotatable bonds is 0. The summed E-state index contributed by atoms with van der Waals surface area (Å²) in [6.07, 6.45) is 0. The van der Waals surface area contributed by atoms with Crippen LogP contribution in [-0.4, -0.2) is 0 Å². The Morgan fingerprint density at radius 3 is 0.222 bits per heavy atom. The fourth-order valence-corrected chi connectivity index (χ4v) is 0. The first-order valence-electron chi connectivity index (χ1n) is 1.79. The third-order valence-corrected chi connectivity index (χ3v) is 0. The number of nitrogens with zero attached hydrogens (tertiary/aromatic N) is 8. The predicted octanol–water partition coefficient (Wildman–Crippen LogP) is 0.766. The van der Waals surface area contributed by atoms with E-state index >= 15 is 0 Å². The van der Waals surface area contributed by atoms with Crippen LogP contribution in [0.15, 0.2) is 0 Å². The van der Waals surface area contributed by atoms with Crippen molar-refractivity contribution in [3.63, 3.8) is 0 Å². The maximum absolute atomic E-state index is 6.25. The molecular formula is C8N8Zr2. The van der Waals surface area contributed by atoms with E-state index in [2.05, 4.69) is 0 Å². The van der Waals surface area contributed by atoms with E-state index in [1.807, 2.05) is 0 Å². The first-order chi connectivity index (χ1) is 8.00. The van der Waals surface area contributed by atoms with Crippen molar-refractivity contribution in [2.45, 2.75) is 0 Å². The standard InChI is InChI=1S/8CN.2Zr/c8*1-2;;/q8*-1;2*+4. The minimum Gasteiger partial charge on any atom is -0.512 e. The molecule has 0 amide bonds. The van der Waals surface area contributed by atoms with Crippen LogP contribution in [0.4, 0.5) is 0 Å². The van der Waals surface area contributed by atoms with Crippen molar-refractivity contribution in [2.75, 3.05) is 0 Å². The second kappa shape index (κ2) is 514. The molecule has 0 bridgehead atoms. The van der Waals surface area contributed by atoms with Crippen LogP contribution < -0.4 is 0 Å². The first-order valence-corrected chi connectivity index (χ1v) is 1.79. The molecule has 80 valence electrons. The van der Waals surface area contributed by atoms with E-state index < -0.39 is 0 Å². The summed E-state index contributed by atoms with van der Waals surface area (Å²) in [7, 11) is 0. The Labute approximate surface area is 146 Å². The van der Waals surface area contributed by atoms with Gasteiger partial charge in [0, 0.05) is 0 Å². The van der Waals surface area contributed by atoms with E-state index in [0.717, 1.165) is 0 Å². The SMILES string of the molecule is [C-]#N.[C-]#N.[C-]#N.[C-]#N.[C-]#N.[C-]#N.[C-]#N.[C-]#N.[Zr+4].[Zr+4]. The molecule has 0 saturated carbocycles. The summed E-state index contributed by atoms with van der Waals surface area (Å²) in [5, 5.41) is 50.0. The summed E-state index contributed by atoms with van der Waals surface area (Å²) in [5.41, 5.74) is 0. The average molecular weight is 391 g/mol. The molecule has 0 aliphatic rings. The molecule has 0 aliphatic heterocycles. The van der Waals surface area contributed by atoms with Gasteiger partial charge in [0.05, 0.1) is 0 Å². The Morgan fingerprint density at radius 1 is 0.222 bits per heavy atom. The second-order valence-electron chi connectivity index (χ2n) is 0. The molecule has 0 unspecified atom stereocenters. The van der Waals surface area contributed by atoms with Gasteiger partial charge in [-0.25, -0.2) is 0 Å². The fourth-order valence-electron chi connectivity index (χ4n) is 0. The van der Waals surface area contributed by atoms with Gasteiger partial charge in [0.25, 0.3) is 0 Å². The molecule has 0 heterocycles. The van der Waals surface area contributed by atoms with Crippen LogP contribution in [0.25, 0.3) is 0 Å². The Hall–Kier alpha value is -2.31. The maximum Gasteiger partial charge on any atom is 4.00 e. The second-order valence-corrected chi connectivity index (χ2v) is 0. The normalized spacial score (nSPS) is 0.889. The molecule has 0 aliphatic carbocycles. The smallest absolute Gasteiger partial charge is 0.512 e. The van der Waals surface area contributed by atoms with Crippen LogP contribution >= 0.6 is 0 Å². The zero-order chi connectivity index (χ0) is 16.0. The van der Waals surface area contributed by atoms with Crippen molar-refractivity contribution in [3.05, 3.63) is 52.6 Å². The molecule has 10 heteroatoms. The number of hydrogen-bond donors (Lipinski definition) is 0. The van der Waals surface area contributed by atoms with Gasteiger partial charge in [-0.05, 0) is 0 Å². The molecule has 0 rings (SSSR count). The summed E-state index contributed by atoms with van der Waals surface area (Å²) in [6, 6.07) is 0. The molecular weight excluding hydrogens is 391 g/mol. The Morgan fingerprint density at radius 2 is 0.222 bits per heavy atom. The summed E-state index contributed by atoms with van der Waals surface area (Å²) in [4.78, 5) is 0. The molecule has 18 heavy (non-hydrogen) atoms. The van der Waals surface area contributed by atoms with Crippen LogP contribution in [0.3, 0.4) is 0 Å². The van der Waals surface area contributed by atoms with Gasteiger partial charge in [-0.1, -0.05) is 0 Å². The largest absolute Gasteiger partial charge is 4.00 e. The molecule has 0 aromatic heterocycles. The van der Waals surface area contributed by atoms with E-state index in [9.17, 15) is 0 Å². The van der Waals surface area contributed by atoms with Crippen LogP contribution in [0.5, 0.6) is 0 Å². The maximum atomic E-state index is 6.25.